The molecule has 10 heteroatoms. The number of halogens is 3. The van der Waals surface area contributed by atoms with Crippen LogP contribution in [0, 0.1) is 5.92 Å². The second-order valence-corrected chi connectivity index (χ2v) is 6.70. The van der Waals surface area contributed by atoms with Crippen LogP contribution in [0.5, 0.6) is 5.75 Å². The fourth-order valence-electron chi connectivity index (χ4n) is 3.39. The number of ether oxygens (including phenoxy) is 1. The highest BCUT2D eigenvalue weighted by Gasteiger charge is 2.66. The van der Waals surface area contributed by atoms with E-state index in [-0.39, 0.29) is 17.9 Å². The zero-order valence-electron chi connectivity index (χ0n) is 14.6. The van der Waals surface area contributed by atoms with E-state index in [0.717, 1.165) is 0 Å². The Morgan fingerprint density at radius 2 is 1.96 bits per heavy atom. The fourth-order valence-corrected chi connectivity index (χ4v) is 3.67. The maximum absolute atomic E-state index is 13.8. The lowest BCUT2D eigenvalue weighted by atomic mass is 9.80. The molecule has 1 aliphatic heterocycles. The van der Waals surface area contributed by atoms with Crippen molar-refractivity contribution in [1.82, 2.24) is 10.6 Å². The van der Waals surface area contributed by atoms with Gasteiger partial charge in [0.05, 0.1) is 12.6 Å². The summed E-state index contributed by atoms with van der Waals surface area (Å²) in [7, 11) is 0. The SMILES string of the molecule is CCOC(=O)[C@@H]1[C@@H](c2c(O)ccc3ccccc23)NC(=S)N[C@]1(O)C(F)(F)F. The Labute approximate surface area is 163 Å². The first-order valence-corrected chi connectivity index (χ1v) is 8.76. The molecular weight excluding hydrogens is 397 g/mol. The van der Waals surface area contributed by atoms with Crippen LogP contribution < -0.4 is 10.6 Å². The summed E-state index contributed by atoms with van der Waals surface area (Å²) in [6.45, 7) is 1.24. The molecule has 0 unspecified atom stereocenters. The summed E-state index contributed by atoms with van der Waals surface area (Å²) in [5.74, 6) is -3.81. The highest BCUT2D eigenvalue weighted by Crippen LogP contribution is 2.46. The second-order valence-electron chi connectivity index (χ2n) is 6.29. The topological polar surface area (TPSA) is 90.8 Å². The quantitative estimate of drug-likeness (QED) is 0.453. The first kappa shape index (κ1) is 20.2. The number of rotatable bonds is 3. The number of aromatic hydroxyl groups is 1. The van der Waals surface area contributed by atoms with E-state index in [0.29, 0.717) is 10.8 Å². The van der Waals surface area contributed by atoms with Crippen LogP contribution in [0.2, 0.25) is 0 Å². The van der Waals surface area contributed by atoms with Crippen molar-refractivity contribution in [2.75, 3.05) is 6.61 Å². The maximum atomic E-state index is 13.8. The number of carbonyl (C=O) groups is 1. The number of esters is 1. The number of hydrogen-bond donors (Lipinski definition) is 4. The number of phenolic OH excluding ortho intramolecular Hbond substituents is 1. The van der Waals surface area contributed by atoms with Crippen LogP contribution in [0.3, 0.4) is 0 Å². The van der Waals surface area contributed by atoms with E-state index in [1.165, 1.54) is 13.0 Å². The van der Waals surface area contributed by atoms with Gasteiger partial charge in [0.1, 0.15) is 11.7 Å². The molecule has 3 atom stereocenters. The molecule has 0 spiro atoms. The maximum Gasteiger partial charge on any atom is 0.437 e. The van der Waals surface area contributed by atoms with Gasteiger partial charge in [-0.3, -0.25) is 4.79 Å². The van der Waals surface area contributed by atoms with E-state index in [9.17, 15) is 28.2 Å². The average Bonchev–Trinajstić information content (AvgIpc) is 2.60. The summed E-state index contributed by atoms with van der Waals surface area (Å²) in [4.78, 5) is 12.5. The van der Waals surface area contributed by atoms with Crippen molar-refractivity contribution in [3.63, 3.8) is 0 Å². The first-order chi connectivity index (χ1) is 13.1. The molecule has 2 aromatic rings. The van der Waals surface area contributed by atoms with Crippen LogP contribution in [0.25, 0.3) is 10.8 Å². The summed E-state index contributed by atoms with van der Waals surface area (Å²) < 4.78 is 46.2. The zero-order chi connectivity index (χ0) is 20.7. The normalized spacial score (nSPS) is 25.1. The number of carbonyl (C=O) groups excluding carboxylic acids is 1. The van der Waals surface area contributed by atoms with Gasteiger partial charge in [-0.2, -0.15) is 13.2 Å². The molecule has 4 N–H and O–H groups in total. The molecular formula is C18H17F3N2O4S. The van der Waals surface area contributed by atoms with Gasteiger partial charge >= 0.3 is 12.1 Å². The third-order valence-corrected chi connectivity index (χ3v) is 4.83. The van der Waals surface area contributed by atoms with Gasteiger partial charge in [-0.25, -0.2) is 0 Å². The predicted molar refractivity (Wildman–Crippen MR) is 98.4 cm³/mol. The van der Waals surface area contributed by atoms with Crippen LogP contribution in [-0.2, 0) is 9.53 Å². The molecule has 0 radical (unpaired) electrons. The minimum Gasteiger partial charge on any atom is -0.508 e. The second kappa shape index (κ2) is 7.10. The number of benzene rings is 2. The van der Waals surface area contributed by atoms with Gasteiger partial charge in [0.15, 0.2) is 5.11 Å². The lowest BCUT2D eigenvalue weighted by Gasteiger charge is -2.45. The minimum absolute atomic E-state index is 0.00248. The molecule has 1 fully saturated rings. The summed E-state index contributed by atoms with van der Waals surface area (Å²) >= 11 is 4.85. The van der Waals surface area contributed by atoms with Crippen molar-refractivity contribution < 1.29 is 32.9 Å². The Morgan fingerprint density at radius 3 is 2.61 bits per heavy atom. The van der Waals surface area contributed by atoms with Crippen LogP contribution in [0.15, 0.2) is 36.4 Å². The number of fused-ring (bicyclic) bond motifs is 1. The van der Waals surface area contributed by atoms with Crippen LogP contribution in [-0.4, -0.2) is 39.8 Å². The largest absolute Gasteiger partial charge is 0.508 e. The smallest absolute Gasteiger partial charge is 0.437 e. The molecule has 0 saturated carbocycles. The van der Waals surface area contributed by atoms with Crippen molar-refractivity contribution >= 4 is 34.1 Å². The van der Waals surface area contributed by atoms with Gasteiger partial charge in [0, 0.05) is 5.56 Å². The molecule has 0 bridgehead atoms. The Kier molecular flexibility index (Phi) is 5.11. The van der Waals surface area contributed by atoms with E-state index < -0.39 is 34.9 Å². The van der Waals surface area contributed by atoms with E-state index in [4.69, 9.17) is 17.0 Å². The minimum atomic E-state index is -5.25. The molecule has 3 rings (SSSR count). The van der Waals surface area contributed by atoms with Crippen LogP contribution in [0.1, 0.15) is 18.5 Å². The van der Waals surface area contributed by atoms with Crippen LogP contribution >= 0.6 is 12.2 Å². The van der Waals surface area contributed by atoms with Crippen molar-refractivity contribution in [2.45, 2.75) is 24.9 Å². The van der Waals surface area contributed by atoms with Gasteiger partial charge in [-0.05, 0) is 36.0 Å². The van der Waals surface area contributed by atoms with Crippen molar-refractivity contribution in [3.05, 3.63) is 42.0 Å². The fraction of sp³-hybridized carbons (Fsp3) is 0.333. The third-order valence-electron chi connectivity index (χ3n) is 4.61. The number of nitrogens with one attached hydrogen (secondary N) is 2. The highest BCUT2D eigenvalue weighted by molar-refractivity contribution is 7.80. The number of hydrogen-bond acceptors (Lipinski definition) is 5. The Bertz CT molecular complexity index is 937. The standard InChI is InChI=1S/C18H17F3N2O4S/c1-2-27-15(25)13-14(22-16(28)23-17(13,26)18(19,20)21)12-10-6-4-3-5-9(10)7-8-11(12)24/h3-8,13-14,24,26H,2H2,1H3,(H2,22,23,28)/t13-,14+,17+/m0/s1. The lowest BCUT2D eigenvalue weighted by molar-refractivity contribution is -0.292. The zero-order valence-corrected chi connectivity index (χ0v) is 15.4. The third kappa shape index (κ3) is 3.22. The predicted octanol–water partition coefficient (Wildman–Crippen LogP) is 2.49. The summed E-state index contributed by atoms with van der Waals surface area (Å²) in [5, 5.41) is 25.8. The average molecular weight is 414 g/mol. The van der Waals surface area contributed by atoms with Crippen molar-refractivity contribution in [2.24, 2.45) is 5.92 Å². The van der Waals surface area contributed by atoms with Gasteiger partial charge in [-0.1, -0.05) is 30.3 Å². The molecule has 2 aromatic carbocycles. The summed E-state index contributed by atoms with van der Waals surface area (Å²) in [5.41, 5.74) is -3.68. The van der Waals surface area contributed by atoms with Crippen molar-refractivity contribution in [3.8, 4) is 5.75 Å². The number of aliphatic hydroxyl groups is 1. The number of alkyl halides is 3. The molecule has 0 aliphatic carbocycles. The van der Waals surface area contributed by atoms with Crippen molar-refractivity contribution in [1.29, 1.82) is 0 Å². The first-order valence-electron chi connectivity index (χ1n) is 8.35. The molecule has 6 nitrogen and oxygen atoms in total. The monoisotopic (exact) mass is 414 g/mol. The summed E-state index contributed by atoms with van der Waals surface area (Å²) in [6.07, 6.45) is -5.25. The lowest BCUT2D eigenvalue weighted by Crippen LogP contribution is -2.73. The van der Waals surface area contributed by atoms with E-state index >= 15 is 0 Å². The number of thiocarbonyl (C=S) groups is 1. The van der Waals surface area contributed by atoms with Gasteiger partial charge in [0.2, 0.25) is 0 Å². The Morgan fingerprint density at radius 1 is 1.29 bits per heavy atom. The summed E-state index contributed by atoms with van der Waals surface area (Å²) in [6, 6.07) is 8.05. The number of phenols is 1. The Hall–Kier alpha value is -2.59. The molecule has 0 amide bonds. The molecule has 0 aromatic heterocycles. The molecule has 150 valence electrons. The van der Waals surface area contributed by atoms with Crippen LogP contribution in [0.4, 0.5) is 13.2 Å². The van der Waals surface area contributed by atoms with Gasteiger partial charge in [0.25, 0.3) is 5.72 Å². The molecule has 1 heterocycles. The van der Waals surface area contributed by atoms with E-state index in [1.54, 1.807) is 35.6 Å². The van der Waals surface area contributed by atoms with E-state index in [2.05, 4.69) is 5.32 Å². The van der Waals surface area contributed by atoms with Gasteiger partial charge < -0.3 is 25.6 Å². The molecule has 1 aliphatic rings. The Balaban J connectivity index is 2.27. The van der Waals surface area contributed by atoms with E-state index in [1.807, 2.05) is 0 Å². The highest BCUT2D eigenvalue weighted by atomic mass is 32.1. The van der Waals surface area contributed by atoms with Gasteiger partial charge in [-0.15, -0.1) is 0 Å². The molecule has 1 saturated heterocycles. The molecule has 28 heavy (non-hydrogen) atoms.